The molecule has 12 heteroatoms. The minimum atomic E-state index is -0.532. The van der Waals surface area contributed by atoms with Crippen LogP contribution in [-0.2, 0) is 25.7 Å². The Labute approximate surface area is 354 Å². The first kappa shape index (κ1) is 40.3. The number of allylic oxidation sites excluding steroid dienone is 1. The first-order valence-corrected chi connectivity index (χ1v) is 20.3. The molecule has 2 N–H and O–H groups in total. The Morgan fingerprint density at radius 2 is 1.41 bits per heavy atom. The summed E-state index contributed by atoms with van der Waals surface area (Å²) in [5.41, 5.74) is 11.6. The van der Waals surface area contributed by atoms with Gasteiger partial charge < -0.3 is 25.6 Å². The fourth-order valence-corrected chi connectivity index (χ4v) is 7.47. The van der Waals surface area contributed by atoms with Crippen LogP contribution < -0.4 is 24.2 Å². The normalized spacial score (nSPS) is 12.8. The monoisotopic (exact) mass is 811 g/mol. The van der Waals surface area contributed by atoms with E-state index in [9.17, 15) is 14.7 Å². The van der Waals surface area contributed by atoms with E-state index in [1.165, 1.54) is 0 Å². The minimum Gasteiger partial charge on any atom is -0.493 e. The number of H-pyrrole nitrogens is 1. The maximum Gasteiger partial charge on any atom is 0.342 e. The summed E-state index contributed by atoms with van der Waals surface area (Å²) in [5.74, 6) is -0.559. The number of aryl methyl sites for hydroxylation is 2. The Bertz CT molecular complexity index is 2790. The van der Waals surface area contributed by atoms with Crippen molar-refractivity contribution in [2.75, 3.05) is 19.0 Å². The maximum atomic E-state index is 13.7. The second kappa shape index (κ2) is 18.2. The molecule has 4 heterocycles. The van der Waals surface area contributed by atoms with E-state index in [0.717, 1.165) is 58.7 Å². The van der Waals surface area contributed by atoms with Gasteiger partial charge in [-0.25, -0.2) is 0 Å². The van der Waals surface area contributed by atoms with Crippen LogP contribution in [-0.4, -0.2) is 41.3 Å². The largest absolute Gasteiger partial charge is 0.493 e. The van der Waals surface area contributed by atoms with E-state index in [2.05, 4.69) is 27.0 Å². The summed E-state index contributed by atoms with van der Waals surface area (Å²) in [6.07, 6.45) is 9.13. The van der Waals surface area contributed by atoms with Crippen LogP contribution in [0.2, 0.25) is 0 Å². The molecule has 1 aliphatic heterocycles. The molecule has 0 bridgehead atoms. The number of hydrogen-bond donors (Lipinski definition) is 1. The van der Waals surface area contributed by atoms with Crippen molar-refractivity contribution < 1.29 is 33.6 Å². The Hall–Kier alpha value is -7.44. The van der Waals surface area contributed by atoms with Gasteiger partial charge in [-0.15, -0.1) is 0 Å². The molecule has 0 spiro atoms. The highest BCUT2D eigenvalue weighted by Gasteiger charge is 2.24. The van der Waals surface area contributed by atoms with Crippen LogP contribution in [0.25, 0.3) is 27.3 Å². The summed E-state index contributed by atoms with van der Waals surface area (Å²) in [4.78, 5) is 34.0. The van der Waals surface area contributed by atoms with Gasteiger partial charge in [0.2, 0.25) is 11.0 Å². The number of pyridine rings is 3. The Morgan fingerprint density at radius 1 is 0.754 bits per heavy atom. The number of rotatable bonds is 15. The molecule has 0 saturated heterocycles. The predicted molar refractivity (Wildman–Crippen MR) is 233 cm³/mol. The van der Waals surface area contributed by atoms with Gasteiger partial charge in [-0.05, 0) is 62.6 Å². The van der Waals surface area contributed by atoms with Crippen LogP contribution in [0.5, 0.6) is 5.75 Å². The van der Waals surface area contributed by atoms with E-state index >= 15 is 0 Å². The highest BCUT2D eigenvalue weighted by molar-refractivity contribution is 6.09. The van der Waals surface area contributed by atoms with E-state index in [-0.39, 0.29) is 17.2 Å². The lowest BCUT2D eigenvalue weighted by atomic mass is 10.0. The van der Waals surface area contributed by atoms with E-state index in [1.54, 1.807) is 18.3 Å². The number of unbranched alkanes of at least 4 members (excludes halogenated alkanes) is 2. The van der Waals surface area contributed by atoms with Crippen LogP contribution in [0.3, 0.4) is 0 Å². The third kappa shape index (κ3) is 9.72. The van der Waals surface area contributed by atoms with Gasteiger partial charge in [0.1, 0.15) is 31.2 Å². The Morgan fingerprint density at radius 3 is 2.16 bits per heavy atom. The number of hydrogen-bond acceptors (Lipinski definition) is 6. The van der Waals surface area contributed by atoms with Gasteiger partial charge >= 0.3 is 11.8 Å². The van der Waals surface area contributed by atoms with Gasteiger partial charge in [0.05, 0.1) is 18.7 Å². The summed E-state index contributed by atoms with van der Waals surface area (Å²) >= 11 is 0. The van der Waals surface area contributed by atoms with Gasteiger partial charge in [0, 0.05) is 52.5 Å². The molecule has 8 rings (SSSR count). The van der Waals surface area contributed by atoms with Crippen molar-refractivity contribution in [3.05, 3.63) is 185 Å². The van der Waals surface area contributed by atoms with Crippen molar-refractivity contribution in [3.8, 4) is 5.75 Å². The smallest absolute Gasteiger partial charge is 0.342 e. The highest BCUT2D eigenvalue weighted by atomic mass is 16.5. The number of carbonyl (C=O) groups is 2. The molecular weight excluding hydrogens is 765 g/mol. The molecule has 0 saturated carbocycles. The van der Waals surface area contributed by atoms with Gasteiger partial charge in [0.15, 0.2) is 18.2 Å². The molecule has 1 aliphatic rings. The van der Waals surface area contributed by atoms with Crippen LogP contribution in [0.1, 0.15) is 63.4 Å². The fraction of sp³-hybridized carbons (Fsp3) is 0.184. The standard InChI is InChI=1S/C49H45N8O4/c1-54-31-39(26-37-16-9-11-19-45(37)54)50-48(59)43-28-42(29-44(52-43)49(60)51-40-27-38-17-10-12-20-46(38)55(2)32-40)61-25-13-5-8-18-41-33-57(53-56(41)3)30-34-21-23-36(24-22-34)47(58)35-14-6-4-7-15-35/h4,6-7,9-12,14-17,19-24,26-29,31-33H,5,8,13,18,25,30H2,1-3H3/p+2. The number of fused-ring (bicyclic) bond motifs is 2. The predicted octanol–water partition coefficient (Wildman–Crippen LogP) is 7.88. The van der Waals surface area contributed by atoms with Gasteiger partial charge in [-0.1, -0.05) is 78.9 Å². The minimum absolute atomic E-state index is 0.00460. The number of carbonyl (C=O) groups excluding carboxylic acids is 2. The number of nitrogens with one attached hydrogen (secondary N) is 2. The van der Waals surface area contributed by atoms with Crippen molar-refractivity contribution in [1.82, 2.24) is 10.0 Å². The molecule has 3 aromatic heterocycles. The number of aliphatic imine (C=N–C) groups is 1. The molecule has 4 aromatic carbocycles. The quantitative estimate of drug-likeness (QED) is 0.0370. The van der Waals surface area contributed by atoms with Gasteiger partial charge in [-0.3, -0.25) is 14.7 Å². The fourth-order valence-electron chi connectivity index (χ4n) is 7.47. The first-order valence-electron chi connectivity index (χ1n) is 20.3. The summed E-state index contributed by atoms with van der Waals surface area (Å²) < 4.78 is 10.1. The number of aromatic amines is 1. The third-order valence-electron chi connectivity index (χ3n) is 10.6. The molecule has 1 radical (unpaired) electrons. The Balaban J connectivity index is 0.901. The van der Waals surface area contributed by atoms with Crippen molar-refractivity contribution in [3.63, 3.8) is 0 Å². The van der Waals surface area contributed by atoms with E-state index in [1.807, 2.05) is 162 Å². The molecule has 0 aliphatic carbocycles. The van der Waals surface area contributed by atoms with Crippen LogP contribution in [0.15, 0.2) is 157 Å². The number of anilines is 1. The number of benzene rings is 4. The zero-order chi connectivity index (χ0) is 42.3. The van der Waals surface area contributed by atoms with Crippen LogP contribution >= 0.6 is 0 Å². The number of para-hydroxylation sites is 2. The van der Waals surface area contributed by atoms with Crippen molar-refractivity contribution in [2.24, 2.45) is 19.1 Å². The number of nitrogens with zero attached hydrogens (tertiary/aromatic N) is 6. The lowest BCUT2D eigenvalue weighted by molar-refractivity contribution is -0.644. The number of ether oxygens (including phenoxy) is 1. The number of amides is 1. The lowest BCUT2D eigenvalue weighted by Crippen LogP contribution is -2.31. The van der Waals surface area contributed by atoms with Crippen molar-refractivity contribution >= 4 is 50.8 Å². The maximum absolute atomic E-state index is 13.7. The molecular formula is C49H47N8O4+2. The molecule has 1 amide bonds. The van der Waals surface area contributed by atoms with E-state index < -0.39 is 11.8 Å². The highest BCUT2D eigenvalue weighted by Crippen LogP contribution is 2.27. The molecule has 7 aromatic rings. The van der Waals surface area contributed by atoms with Gasteiger partial charge in [-0.2, -0.15) is 19.1 Å². The molecule has 0 fully saturated rings. The SMILES string of the molecule is CN1[N-]N(Cc2ccc(C(=O)c3ccccc3)cc2)C=C1CCCCCOc1cc(C(=O)Nc2cc3ccccc3[n+](C)c2)[nH+]c(C([O])=Nc2cc3ccccc3[n+](C)c2)c1. The zero-order valence-corrected chi connectivity index (χ0v) is 34.4. The number of ketones is 1. The average molecular weight is 812 g/mol. The third-order valence-corrected chi connectivity index (χ3v) is 10.6. The summed E-state index contributed by atoms with van der Waals surface area (Å²) in [5, 5.41) is 22.4. The second-order valence-corrected chi connectivity index (χ2v) is 15.2. The van der Waals surface area contributed by atoms with E-state index in [4.69, 9.17) is 4.74 Å². The Kier molecular flexibility index (Phi) is 12.1. The zero-order valence-electron chi connectivity index (χ0n) is 34.4. The molecule has 12 nitrogen and oxygen atoms in total. The summed E-state index contributed by atoms with van der Waals surface area (Å²) in [7, 11) is 5.78. The van der Waals surface area contributed by atoms with Crippen molar-refractivity contribution in [1.29, 1.82) is 0 Å². The van der Waals surface area contributed by atoms with Gasteiger partial charge in [0.25, 0.3) is 11.4 Å². The lowest BCUT2D eigenvalue weighted by Gasteiger charge is -2.37. The van der Waals surface area contributed by atoms with Crippen LogP contribution in [0, 0.1) is 0 Å². The average Bonchev–Trinajstić information content (AvgIpc) is 3.62. The molecule has 0 unspecified atom stereocenters. The topological polar surface area (TPSA) is 130 Å². The molecule has 0 atom stereocenters. The molecule has 61 heavy (non-hydrogen) atoms. The summed E-state index contributed by atoms with van der Waals surface area (Å²) in [6.45, 7) is 0.987. The second-order valence-electron chi connectivity index (χ2n) is 15.2. The van der Waals surface area contributed by atoms with Crippen LogP contribution in [0.4, 0.5) is 11.4 Å². The molecule has 305 valence electrons. The first-order chi connectivity index (χ1) is 29.7. The van der Waals surface area contributed by atoms with Crippen molar-refractivity contribution in [2.45, 2.75) is 32.2 Å². The van der Waals surface area contributed by atoms with E-state index in [0.29, 0.717) is 41.4 Å². The summed E-state index contributed by atoms with van der Waals surface area (Å²) in [6, 6.07) is 39.8. The number of aromatic nitrogens is 3.